The van der Waals surface area contributed by atoms with Gasteiger partial charge in [0.25, 0.3) is 5.91 Å². The molecule has 0 heterocycles. The topological polar surface area (TPSA) is 101 Å². The lowest BCUT2D eigenvalue weighted by Crippen LogP contribution is -2.25. The monoisotopic (exact) mass is 285 g/mol. The van der Waals surface area contributed by atoms with Gasteiger partial charge in [0.15, 0.2) is 9.84 Å². The molecule has 0 aliphatic rings. The van der Waals surface area contributed by atoms with Crippen molar-refractivity contribution < 1.29 is 23.1 Å². The number of benzene rings is 1. The van der Waals surface area contributed by atoms with Crippen LogP contribution in [-0.2, 0) is 14.6 Å². The summed E-state index contributed by atoms with van der Waals surface area (Å²) >= 11 is 0. The van der Waals surface area contributed by atoms with E-state index < -0.39 is 21.7 Å². The largest absolute Gasteiger partial charge is 0.481 e. The lowest BCUT2D eigenvalue weighted by Gasteiger charge is -2.05. The van der Waals surface area contributed by atoms with E-state index in [1.54, 1.807) is 0 Å². The summed E-state index contributed by atoms with van der Waals surface area (Å²) in [4.78, 5) is 22.1. The van der Waals surface area contributed by atoms with E-state index in [1.807, 2.05) is 0 Å². The second-order valence-corrected chi connectivity index (χ2v) is 6.07. The minimum absolute atomic E-state index is 0.0241. The Labute approximate surface area is 111 Å². The lowest BCUT2D eigenvalue weighted by molar-refractivity contribution is -0.137. The third-order valence-corrected chi connectivity index (χ3v) is 3.49. The minimum atomic E-state index is -3.35. The number of rotatable bonds is 6. The predicted octanol–water partition coefficient (Wildman–Crippen LogP) is 0.685. The molecule has 0 radical (unpaired) electrons. The number of sulfone groups is 1. The average Bonchev–Trinajstić information content (AvgIpc) is 2.33. The van der Waals surface area contributed by atoms with Gasteiger partial charge in [-0.15, -0.1) is 0 Å². The average molecular weight is 285 g/mol. The van der Waals surface area contributed by atoms with Crippen LogP contribution in [-0.4, -0.2) is 38.2 Å². The Kier molecular flexibility index (Phi) is 5.05. The molecule has 1 rings (SSSR count). The molecule has 0 saturated carbocycles. The van der Waals surface area contributed by atoms with Gasteiger partial charge in [0.1, 0.15) is 0 Å². The van der Waals surface area contributed by atoms with E-state index in [1.165, 1.54) is 24.3 Å². The number of hydrogen-bond acceptors (Lipinski definition) is 4. The van der Waals surface area contributed by atoms with Crippen molar-refractivity contribution >= 4 is 21.7 Å². The molecule has 0 aliphatic carbocycles. The molecule has 0 aliphatic heterocycles. The molecule has 0 unspecified atom stereocenters. The number of hydrogen-bond donors (Lipinski definition) is 2. The number of amides is 1. The van der Waals surface area contributed by atoms with Crippen LogP contribution in [0.2, 0.25) is 0 Å². The molecule has 1 amide bonds. The highest BCUT2D eigenvalue weighted by atomic mass is 32.2. The fourth-order valence-corrected chi connectivity index (χ4v) is 2.08. The first-order chi connectivity index (χ1) is 8.80. The van der Waals surface area contributed by atoms with Crippen LogP contribution in [0.3, 0.4) is 0 Å². The quantitative estimate of drug-likeness (QED) is 0.749. The Morgan fingerprint density at radius 2 is 2.00 bits per heavy atom. The van der Waals surface area contributed by atoms with Gasteiger partial charge in [-0.3, -0.25) is 9.59 Å². The number of carbonyl (C=O) groups is 2. The maximum Gasteiger partial charge on any atom is 0.303 e. The van der Waals surface area contributed by atoms with Crippen LogP contribution < -0.4 is 5.32 Å². The molecule has 0 atom stereocenters. The Morgan fingerprint density at radius 3 is 2.58 bits per heavy atom. The zero-order chi connectivity index (χ0) is 14.5. The van der Waals surface area contributed by atoms with Crippen LogP contribution >= 0.6 is 0 Å². The van der Waals surface area contributed by atoms with Crippen molar-refractivity contribution in [3.8, 4) is 0 Å². The third kappa shape index (κ3) is 5.09. The summed E-state index contributed by atoms with van der Waals surface area (Å²) in [5.41, 5.74) is 0.234. The van der Waals surface area contributed by atoms with Crippen molar-refractivity contribution in [2.24, 2.45) is 0 Å². The smallest absolute Gasteiger partial charge is 0.303 e. The Morgan fingerprint density at radius 1 is 1.32 bits per heavy atom. The van der Waals surface area contributed by atoms with Crippen LogP contribution in [0.15, 0.2) is 29.2 Å². The van der Waals surface area contributed by atoms with E-state index in [0.717, 1.165) is 6.26 Å². The first kappa shape index (κ1) is 15.2. The number of carboxylic acids is 1. The second-order valence-electron chi connectivity index (χ2n) is 4.05. The summed E-state index contributed by atoms with van der Waals surface area (Å²) in [6, 6.07) is 5.70. The Balaban J connectivity index is 2.65. The molecule has 19 heavy (non-hydrogen) atoms. The van der Waals surface area contributed by atoms with E-state index in [0.29, 0.717) is 6.42 Å². The van der Waals surface area contributed by atoms with E-state index in [4.69, 9.17) is 5.11 Å². The molecular weight excluding hydrogens is 270 g/mol. The molecule has 1 aromatic carbocycles. The van der Waals surface area contributed by atoms with E-state index in [2.05, 4.69) is 5.32 Å². The fourth-order valence-electron chi connectivity index (χ4n) is 1.41. The predicted molar refractivity (Wildman–Crippen MR) is 68.8 cm³/mol. The Bertz CT molecular complexity index is 580. The van der Waals surface area contributed by atoms with Crippen molar-refractivity contribution in [2.75, 3.05) is 12.8 Å². The highest BCUT2D eigenvalue weighted by Crippen LogP contribution is 2.11. The summed E-state index contributed by atoms with van der Waals surface area (Å²) in [6.45, 7) is 0.230. The molecule has 0 saturated heterocycles. The maximum atomic E-state index is 11.7. The zero-order valence-electron chi connectivity index (χ0n) is 10.4. The second kappa shape index (κ2) is 6.33. The van der Waals surface area contributed by atoms with Gasteiger partial charge < -0.3 is 10.4 Å². The van der Waals surface area contributed by atoms with Crippen molar-refractivity contribution in [1.82, 2.24) is 5.32 Å². The molecule has 7 heteroatoms. The maximum absolute atomic E-state index is 11.7. The highest BCUT2D eigenvalue weighted by Gasteiger charge is 2.11. The molecule has 6 nitrogen and oxygen atoms in total. The summed E-state index contributed by atoms with van der Waals surface area (Å²) < 4.78 is 22.7. The number of aliphatic carboxylic acids is 1. The third-order valence-electron chi connectivity index (χ3n) is 2.38. The zero-order valence-corrected chi connectivity index (χ0v) is 11.2. The summed E-state index contributed by atoms with van der Waals surface area (Å²) in [6.07, 6.45) is 1.37. The van der Waals surface area contributed by atoms with Gasteiger partial charge in [-0.25, -0.2) is 8.42 Å². The van der Waals surface area contributed by atoms with Crippen LogP contribution in [0, 0.1) is 0 Å². The van der Waals surface area contributed by atoms with E-state index >= 15 is 0 Å². The van der Waals surface area contributed by atoms with Crippen molar-refractivity contribution in [3.63, 3.8) is 0 Å². The highest BCUT2D eigenvalue weighted by molar-refractivity contribution is 7.90. The van der Waals surface area contributed by atoms with Gasteiger partial charge in [-0.05, 0) is 24.6 Å². The number of carbonyl (C=O) groups excluding carboxylic acids is 1. The molecule has 0 fully saturated rings. The van der Waals surface area contributed by atoms with Gasteiger partial charge in [-0.2, -0.15) is 0 Å². The van der Waals surface area contributed by atoms with Gasteiger partial charge in [0.05, 0.1) is 4.90 Å². The molecule has 0 bridgehead atoms. The number of carboxylic acid groups (broad SMARTS) is 1. The molecule has 1 aromatic rings. The first-order valence-electron chi connectivity index (χ1n) is 5.61. The Hall–Kier alpha value is -1.89. The molecule has 0 spiro atoms. The minimum Gasteiger partial charge on any atom is -0.481 e. The molecular formula is C12H15NO5S. The van der Waals surface area contributed by atoms with Crippen LogP contribution in [0.4, 0.5) is 0 Å². The van der Waals surface area contributed by atoms with Crippen molar-refractivity contribution in [3.05, 3.63) is 29.8 Å². The first-order valence-corrected chi connectivity index (χ1v) is 7.50. The van der Waals surface area contributed by atoms with Crippen LogP contribution in [0.25, 0.3) is 0 Å². The van der Waals surface area contributed by atoms with Crippen LogP contribution in [0.5, 0.6) is 0 Å². The van der Waals surface area contributed by atoms with Crippen molar-refractivity contribution in [2.45, 2.75) is 17.7 Å². The van der Waals surface area contributed by atoms with E-state index in [9.17, 15) is 18.0 Å². The SMILES string of the molecule is CS(=O)(=O)c1cccc(C(=O)NCCCC(=O)O)c1. The lowest BCUT2D eigenvalue weighted by atomic mass is 10.2. The van der Waals surface area contributed by atoms with Gasteiger partial charge >= 0.3 is 5.97 Å². The van der Waals surface area contributed by atoms with Crippen LogP contribution in [0.1, 0.15) is 23.2 Å². The summed E-state index contributed by atoms with van der Waals surface area (Å²) in [5.74, 6) is -1.34. The molecule has 0 aromatic heterocycles. The summed E-state index contributed by atoms with van der Waals surface area (Å²) in [5, 5.41) is 11.0. The molecule has 2 N–H and O–H groups in total. The van der Waals surface area contributed by atoms with E-state index in [-0.39, 0.29) is 23.4 Å². The van der Waals surface area contributed by atoms with Crippen molar-refractivity contribution in [1.29, 1.82) is 0 Å². The van der Waals surface area contributed by atoms with Gasteiger partial charge in [0.2, 0.25) is 0 Å². The standard InChI is InChI=1S/C12H15NO5S/c1-19(17,18)10-5-2-4-9(8-10)12(16)13-7-3-6-11(14)15/h2,4-5,8H,3,6-7H2,1H3,(H,13,16)(H,14,15). The van der Waals surface area contributed by atoms with Gasteiger partial charge in [-0.1, -0.05) is 6.07 Å². The van der Waals surface area contributed by atoms with Gasteiger partial charge in [0, 0.05) is 24.8 Å². The number of nitrogens with one attached hydrogen (secondary N) is 1. The normalized spacial score (nSPS) is 11.0. The summed E-state index contributed by atoms with van der Waals surface area (Å²) in [7, 11) is -3.35. The fraction of sp³-hybridized carbons (Fsp3) is 0.333. The molecule has 104 valence electrons.